The summed E-state index contributed by atoms with van der Waals surface area (Å²) in [5, 5.41) is 6.13. The van der Waals surface area contributed by atoms with E-state index in [-0.39, 0.29) is 59.4 Å². The smallest absolute Gasteiger partial charge is 0.238 e. The molecule has 3 aromatic heterocycles. The van der Waals surface area contributed by atoms with Crippen LogP contribution in [0.1, 0.15) is 140 Å². The van der Waals surface area contributed by atoms with Gasteiger partial charge in [-0.3, -0.25) is 29.3 Å². The van der Waals surface area contributed by atoms with E-state index >= 15 is 4.79 Å². The monoisotopic (exact) mass is 978 g/mol. The number of likely N-dealkylation sites (tertiary alicyclic amines) is 3. The Balaban J connectivity index is 0.676. The summed E-state index contributed by atoms with van der Waals surface area (Å²) in [6.07, 6.45) is 17.5. The van der Waals surface area contributed by atoms with Crippen molar-refractivity contribution in [3.05, 3.63) is 60.0 Å². The van der Waals surface area contributed by atoms with Gasteiger partial charge in [0.05, 0.1) is 28.9 Å². The third-order valence-corrected chi connectivity index (χ3v) is 18.0. The van der Waals surface area contributed by atoms with Gasteiger partial charge in [-0.05, 0) is 146 Å². The quantitative estimate of drug-likeness (QED) is 0.150. The van der Waals surface area contributed by atoms with E-state index in [4.69, 9.17) is 9.97 Å². The third kappa shape index (κ3) is 8.82. The van der Waals surface area contributed by atoms with Crippen LogP contribution in [0.25, 0.3) is 22.3 Å². The molecular formula is C56H71N11O5. The maximum absolute atomic E-state index is 15.2. The summed E-state index contributed by atoms with van der Waals surface area (Å²) < 4.78 is 2.20. The number of imide groups is 1. The number of amides is 5. The molecule has 0 bridgehead atoms. The van der Waals surface area contributed by atoms with E-state index in [1.165, 1.54) is 19.3 Å². The van der Waals surface area contributed by atoms with E-state index in [1.54, 1.807) is 6.20 Å². The molecule has 16 nitrogen and oxygen atoms in total. The van der Waals surface area contributed by atoms with Crippen LogP contribution >= 0.6 is 0 Å². The van der Waals surface area contributed by atoms with Gasteiger partial charge in [-0.25, -0.2) is 15.0 Å². The number of carbonyl (C=O) groups excluding carboxylic acids is 5. The van der Waals surface area contributed by atoms with Gasteiger partial charge in [0.2, 0.25) is 29.5 Å². The van der Waals surface area contributed by atoms with Gasteiger partial charge in [-0.2, -0.15) is 0 Å². The summed E-state index contributed by atoms with van der Waals surface area (Å²) in [5.74, 6) is 1.67. The van der Waals surface area contributed by atoms with Crippen molar-refractivity contribution in [1.29, 1.82) is 0 Å². The number of nitrogens with zero attached hydrogens (tertiary/aromatic N) is 9. The number of piperidine rings is 5. The minimum absolute atomic E-state index is 0.0299. The number of imidazole rings is 1. The topological polar surface area (TPSA) is 169 Å². The maximum Gasteiger partial charge on any atom is 0.238 e. The van der Waals surface area contributed by atoms with Crippen molar-refractivity contribution >= 4 is 57.9 Å². The Bertz CT molecular complexity index is 2730. The molecule has 5 amide bonds. The third-order valence-electron chi connectivity index (χ3n) is 18.0. The second kappa shape index (κ2) is 19.2. The van der Waals surface area contributed by atoms with E-state index < -0.39 is 5.41 Å². The molecule has 2 N–H and O–H groups in total. The Morgan fingerprint density at radius 3 is 2.26 bits per heavy atom. The van der Waals surface area contributed by atoms with E-state index in [0.717, 1.165) is 128 Å². The first-order valence-corrected chi connectivity index (χ1v) is 27.5. The fraction of sp³-hybridized carbons (Fsp3) is 0.607. The zero-order chi connectivity index (χ0) is 49.3. The van der Waals surface area contributed by atoms with Crippen LogP contribution in [-0.4, -0.2) is 134 Å². The first kappa shape index (κ1) is 47.1. The van der Waals surface area contributed by atoms with Crippen LogP contribution < -0.4 is 20.4 Å². The van der Waals surface area contributed by atoms with Gasteiger partial charge < -0.3 is 34.4 Å². The molecule has 5 saturated heterocycles. The van der Waals surface area contributed by atoms with Gasteiger partial charge in [-0.15, -0.1) is 0 Å². The number of carbonyl (C=O) groups is 5. The van der Waals surface area contributed by atoms with E-state index in [2.05, 4.69) is 73.0 Å². The number of hydrogen-bond donors (Lipinski definition) is 2. The van der Waals surface area contributed by atoms with Crippen LogP contribution in [0.2, 0.25) is 0 Å². The van der Waals surface area contributed by atoms with Crippen molar-refractivity contribution in [2.45, 2.75) is 152 Å². The highest BCUT2D eigenvalue weighted by molar-refractivity contribution is 6.09. The minimum atomic E-state index is -0.659. The summed E-state index contributed by atoms with van der Waals surface area (Å²) in [4.78, 5) is 92.8. The largest absolute Gasteiger partial charge is 0.366 e. The summed E-state index contributed by atoms with van der Waals surface area (Å²) in [6, 6.07) is 13.9. The first-order chi connectivity index (χ1) is 35.0. The Kier molecular flexibility index (Phi) is 12.6. The Labute approximate surface area is 422 Å². The molecule has 7 fully saturated rings. The van der Waals surface area contributed by atoms with Gasteiger partial charge in [0, 0.05) is 99.6 Å². The average molecular weight is 978 g/mol. The van der Waals surface area contributed by atoms with Crippen LogP contribution in [0.15, 0.2) is 48.9 Å². The number of anilines is 3. The van der Waals surface area contributed by atoms with Crippen LogP contribution in [0.4, 0.5) is 17.3 Å². The number of aromatic nitrogens is 4. The number of fused-ring (bicyclic) bond motifs is 3. The predicted octanol–water partition coefficient (Wildman–Crippen LogP) is 6.94. The van der Waals surface area contributed by atoms with Crippen molar-refractivity contribution in [1.82, 2.24) is 39.5 Å². The number of pyridine rings is 2. The molecule has 1 spiro atoms. The van der Waals surface area contributed by atoms with E-state index in [1.807, 2.05) is 28.3 Å². The van der Waals surface area contributed by atoms with Crippen LogP contribution in [-0.2, 0) is 29.4 Å². The summed E-state index contributed by atoms with van der Waals surface area (Å²) in [6.45, 7) is 10.6. The highest BCUT2D eigenvalue weighted by atomic mass is 16.2. The summed E-state index contributed by atoms with van der Waals surface area (Å²) >= 11 is 0. The lowest BCUT2D eigenvalue weighted by atomic mass is 9.73. The van der Waals surface area contributed by atoms with Gasteiger partial charge in [0.1, 0.15) is 11.3 Å². The highest BCUT2D eigenvalue weighted by Gasteiger charge is 2.56. The standard InChI is InChI=1S/C56H71N11O5/c1-35(2)66-34-58-46-32-45(60-52(51(46)66)59-40-8-9-40)38-6-11-44-47(29-38)67(42-30-41(31-42)62-20-4-3-5-21-62)55(72)56(44)18-26-64(27-19-56)50(69)28-36-14-22-65(23-15-36)54(71)37-16-24-63(25-17-37)48-12-7-39(33-57-48)43-10-13-49(68)61-53(43)70/h6-7,11-12,29,32-37,40-43H,3-5,8-10,13-28,30-31H2,1-2H3,(H,59,60)(H,61,68,70)/t41?,42?,43-/m1/s1. The van der Waals surface area contributed by atoms with Crippen molar-refractivity contribution in [2.75, 3.05) is 67.5 Å². The molecule has 2 saturated carbocycles. The molecule has 6 aliphatic heterocycles. The normalized spacial score (nSPS) is 25.3. The highest BCUT2D eigenvalue weighted by Crippen LogP contribution is 2.52. The molecule has 9 heterocycles. The molecule has 2 aliphatic carbocycles. The van der Waals surface area contributed by atoms with Crippen molar-refractivity contribution in [3.63, 3.8) is 0 Å². The van der Waals surface area contributed by atoms with Crippen LogP contribution in [0, 0.1) is 11.8 Å². The van der Waals surface area contributed by atoms with Gasteiger partial charge in [-0.1, -0.05) is 24.6 Å². The molecule has 72 heavy (non-hydrogen) atoms. The lowest BCUT2D eigenvalue weighted by Gasteiger charge is -2.48. The SMILES string of the molecule is CC(C)n1cnc2cc(-c3ccc4c(c3)N(C3CC(N5CCCCC5)C3)C(=O)C43CCN(C(=O)CC4CCN(C(=O)C5CCN(c6ccc([C@H]7CCC(=O)NC7=O)cn6)CC5)CC4)CC3)nc(NC3CC3)c21. The molecule has 12 rings (SSSR count). The summed E-state index contributed by atoms with van der Waals surface area (Å²) in [5.41, 5.74) is 6.09. The second-order valence-corrected chi connectivity index (χ2v) is 22.8. The first-order valence-electron chi connectivity index (χ1n) is 27.5. The van der Waals surface area contributed by atoms with Crippen molar-refractivity contribution in [2.24, 2.45) is 11.8 Å². The second-order valence-electron chi connectivity index (χ2n) is 22.8. The molecule has 1 aromatic carbocycles. The molecule has 16 heteroatoms. The van der Waals surface area contributed by atoms with E-state index in [9.17, 15) is 19.2 Å². The van der Waals surface area contributed by atoms with Crippen LogP contribution in [0.5, 0.6) is 0 Å². The number of hydrogen-bond acceptors (Lipinski definition) is 11. The van der Waals surface area contributed by atoms with Gasteiger partial charge >= 0.3 is 0 Å². The lowest BCUT2D eigenvalue weighted by molar-refractivity contribution is -0.139. The molecular weight excluding hydrogens is 907 g/mol. The fourth-order valence-corrected chi connectivity index (χ4v) is 13.4. The molecule has 0 radical (unpaired) electrons. The Morgan fingerprint density at radius 1 is 0.806 bits per heavy atom. The summed E-state index contributed by atoms with van der Waals surface area (Å²) in [7, 11) is 0. The molecule has 0 unspecified atom stereocenters. The predicted molar refractivity (Wildman–Crippen MR) is 275 cm³/mol. The molecule has 4 aromatic rings. The fourth-order valence-electron chi connectivity index (χ4n) is 13.4. The number of benzene rings is 1. The van der Waals surface area contributed by atoms with Crippen LogP contribution in [0.3, 0.4) is 0 Å². The van der Waals surface area contributed by atoms with E-state index in [0.29, 0.717) is 70.4 Å². The minimum Gasteiger partial charge on any atom is -0.366 e. The zero-order valence-corrected chi connectivity index (χ0v) is 42.2. The Hall–Kier alpha value is -5.90. The van der Waals surface area contributed by atoms with Crippen molar-refractivity contribution in [3.8, 4) is 11.3 Å². The molecule has 1 atom stereocenters. The van der Waals surface area contributed by atoms with Gasteiger partial charge in [0.25, 0.3) is 0 Å². The van der Waals surface area contributed by atoms with Crippen molar-refractivity contribution < 1.29 is 24.0 Å². The Morgan fingerprint density at radius 2 is 1.57 bits per heavy atom. The maximum atomic E-state index is 15.2. The molecule has 380 valence electrons. The van der Waals surface area contributed by atoms with Gasteiger partial charge in [0.15, 0.2) is 5.82 Å². The average Bonchev–Trinajstić information content (AvgIpc) is 4.05. The molecule has 8 aliphatic rings. The number of nitrogens with one attached hydrogen (secondary N) is 2. The number of rotatable bonds is 11. The zero-order valence-electron chi connectivity index (χ0n) is 42.2. The lowest BCUT2D eigenvalue weighted by Crippen LogP contribution is -2.58.